The van der Waals surface area contributed by atoms with Gasteiger partial charge >= 0.3 is 12.1 Å². The highest BCUT2D eigenvalue weighted by Crippen LogP contribution is 2.39. The minimum absolute atomic E-state index is 0.143. The van der Waals surface area contributed by atoms with Gasteiger partial charge in [-0.3, -0.25) is 14.4 Å². The van der Waals surface area contributed by atoms with E-state index in [9.17, 15) is 32.4 Å². The smallest absolute Gasteiger partial charge is 0.458 e. The summed E-state index contributed by atoms with van der Waals surface area (Å²) in [7, 11) is -3.49. The summed E-state index contributed by atoms with van der Waals surface area (Å²) < 4.78 is 49.1. The number of fused-ring (bicyclic) bond motifs is 5. The molecule has 0 saturated carbocycles. The zero-order valence-electron chi connectivity index (χ0n) is 30.7. The third-order valence-electron chi connectivity index (χ3n) is 9.24. The number of amides is 2. The van der Waals surface area contributed by atoms with Crippen LogP contribution < -0.4 is 16.2 Å². The van der Waals surface area contributed by atoms with Gasteiger partial charge in [0, 0.05) is 41.4 Å². The van der Waals surface area contributed by atoms with Crippen molar-refractivity contribution >= 4 is 50.6 Å². The Morgan fingerprint density at radius 3 is 2.51 bits per heavy atom. The van der Waals surface area contributed by atoms with Crippen LogP contribution in [-0.2, 0) is 69.5 Å². The molecule has 2 aliphatic rings. The molecule has 2 aromatic carbocycles. The molecule has 290 valence electrons. The van der Waals surface area contributed by atoms with Crippen molar-refractivity contribution in [3.8, 4) is 11.4 Å². The number of hydrogen-bond donors (Lipinski definition) is 2. The van der Waals surface area contributed by atoms with Crippen LogP contribution in [0.25, 0.3) is 22.3 Å². The van der Waals surface area contributed by atoms with Crippen molar-refractivity contribution in [2.24, 2.45) is 0 Å². The minimum atomic E-state index is -3.49. The van der Waals surface area contributed by atoms with Crippen molar-refractivity contribution < 1.29 is 46.5 Å². The predicted octanol–water partition coefficient (Wildman–Crippen LogP) is 3.18. The molecular weight excluding hydrogens is 735 g/mol. The molecule has 2 amide bonds. The third-order valence-corrected chi connectivity index (χ3v) is 10.7. The zero-order valence-corrected chi connectivity index (χ0v) is 31.6. The van der Waals surface area contributed by atoms with Crippen LogP contribution in [-0.4, -0.2) is 84.8 Å². The van der Waals surface area contributed by atoms with E-state index < -0.39 is 45.6 Å². The monoisotopic (exact) mass is 775 g/mol. The summed E-state index contributed by atoms with van der Waals surface area (Å²) in [5.41, 5.74) is 4.06. The zero-order chi connectivity index (χ0) is 39.4. The second-order valence-corrected chi connectivity index (χ2v) is 15.2. The van der Waals surface area contributed by atoms with Crippen LogP contribution in [0.15, 0.2) is 59.4 Å². The number of benzene rings is 2. The molecule has 1 unspecified atom stereocenters. The number of pyridine rings is 2. The summed E-state index contributed by atoms with van der Waals surface area (Å²) in [5.74, 6) is -1.73. The van der Waals surface area contributed by atoms with Crippen molar-refractivity contribution in [2.45, 2.75) is 59.1 Å². The maximum atomic E-state index is 13.9. The highest BCUT2D eigenvalue weighted by molar-refractivity contribution is 7.88. The Kier molecular flexibility index (Phi) is 11.6. The second kappa shape index (κ2) is 16.4. The number of rotatable bonds is 14. The molecule has 0 spiro atoms. The van der Waals surface area contributed by atoms with Crippen LogP contribution in [0, 0.1) is 0 Å². The molecule has 2 N–H and O–H groups in total. The molecule has 0 bridgehead atoms. The molecule has 0 fully saturated rings. The number of aromatic nitrogens is 2. The Morgan fingerprint density at radius 2 is 1.80 bits per heavy atom. The molecule has 17 heteroatoms. The minimum Gasteiger partial charge on any atom is -0.458 e. The quantitative estimate of drug-likeness (QED) is 0.156. The second-order valence-electron chi connectivity index (χ2n) is 13.3. The number of cyclic esters (lactones) is 1. The lowest BCUT2D eigenvalue weighted by Gasteiger charge is -2.24. The number of esters is 1. The first-order valence-corrected chi connectivity index (χ1v) is 19.5. The average molecular weight is 776 g/mol. The number of hydrogen-bond acceptors (Lipinski definition) is 12. The standard InChI is InChI=1S/C38H41N5O11S/c1-5-51-21-33(45)39-17-32(44)40-24-12-10-23(11-13-24)19-53-38(48)54-35-27-16-31-34-28(18-42(31)36(46)29(27)20-52-37(35)47)25(26-8-6-7-9-30(26)41-34)14-15-43(22(2)3)55(4,49)50/h6-13,16,22,35H,5,14-15,17-21H2,1-4H3,(H,39,45)(H,40,44). The molecule has 55 heavy (non-hydrogen) atoms. The van der Waals surface area contributed by atoms with Gasteiger partial charge in [0.2, 0.25) is 27.9 Å². The van der Waals surface area contributed by atoms with Gasteiger partial charge < -0.3 is 34.1 Å². The first-order chi connectivity index (χ1) is 26.2. The number of nitrogens with zero attached hydrogens (tertiary/aromatic N) is 3. The summed E-state index contributed by atoms with van der Waals surface area (Å²) in [6.45, 7) is 5.20. The van der Waals surface area contributed by atoms with Gasteiger partial charge in [-0.05, 0) is 62.6 Å². The summed E-state index contributed by atoms with van der Waals surface area (Å²) in [5, 5.41) is 5.93. The maximum Gasteiger partial charge on any atom is 0.509 e. The first kappa shape index (κ1) is 39.1. The van der Waals surface area contributed by atoms with Crippen LogP contribution in [0.1, 0.15) is 54.7 Å². The van der Waals surface area contributed by atoms with Gasteiger partial charge in [0.25, 0.3) is 5.56 Å². The Balaban J connectivity index is 1.18. The molecule has 0 radical (unpaired) electrons. The molecule has 1 atom stereocenters. The molecule has 0 saturated heterocycles. The van der Waals surface area contributed by atoms with E-state index >= 15 is 0 Å². The van der Waals surface area contributed by atoms with Gasteiger partial charge in [-0.1, -0.05) is 30.3 Å². The molecule has 2 aromatic heterocycles. The number of nitrogens with one attached hydrogen (secondary N) is 2. The van der Waals surface area contributed by atoms with E-state index in [1.807, 2.05) is 38.1 Å². The van der Waals surface area contributed by atoms with E-state index in [0.717, 1.165) is 16.5 Å². The van der Waals surface area contributed by atoms with Crippen molar-refractivity contribution in [1.29, 1.82) is 0 Å². The van der Waals surface area contributed by atoms with E-state index in [4.69, 9.17) is 23.9 Å². The van der Waals surface area contributed by atoms with Crippen molar-refractivity contribution in [3.63, 3.8) is 0 Å². The van der Waals surface area contributed by atoms with E-state index in [2.05, 4.69) is 10.6 Å². The normalized spacial score (nSPS) is 14.6. The van der Waals surface area contributed by atoms with E-state index in [1.54, 1.807) is 37.3 Å². The van der Waals surface area contributed by atoms with E-state index in [0.29, 0.717) is 41.2 Å². The van der Waals surface area contributed by atoms with Crippen LogP contribution >= 0.6 is 0 Å². The molecule has 16 nitrogen and oxygen atoms in total. The van der Waals surface area contributed by atoms with Gasteiger partial charge in [-0.15, -0.1) is 0 Å². The fourth-order valence-corrected chi connectivity index (χ4v) is 7.85. The van der Waals surface area contributed by atoms with Gasteiger partial charge in [-0.25, -0.2) is 23.0 Å². The van der Waals surface area contributed by atoms with E-state index in [-0.39, 0.29) is 56.6 Å². The highest BCUT2D eigenvalue weighted by atomic mass is 32.2. The fraction of sp³-hybridized carbons (Fsp3) is 0.368. The average Bonchev–Trinajstić information content (AvgIpc) is 3.51. The highest BCUT2D eigenvalue weighted by Gasteiger charge is 2.38. The summed E-state index contributed by atoms with van der Waals surface area (Å²) in [4.78, 5) is 68.5. The Labute approximate surface area is 316 Å². The number of para-hydroxylation sites is 1. The Bertz CT molecular complexity index is 2320. The maximum absolute atomic E-state index is 13.9. The SMILES string of the molecule is CCOCC(=O)NCC(=O)Nc1ccc(COC(=O)OC2C(=O)OCc3c2cc2n(c3=O)Cc3c-2nc2ccccc2c3CCN(C(C)C)S(C)(=O)=O)cc1. The molecule has 4 heterocycles. The van der Waals surface area contributed by atoms with Crippen molar-refractivity contribution in [3.05, 3.63) is 92.8 Å². The summed E-state index contributed by atoms with van der Waals surface area (Å²) in [6.07, 6.45) is -1.22. The van der Waals surface area contributed by atoms with Gasteiger partial charge in [0.05, 0.1) is 41.8 Å². The van der Waals surface area contributed by atoms with E-state index in [1.165, 1.54) is 15.1 Å². The fourth-order valence-electron chi connectivity index (χ4n) is 6.66. The van der Waals surface area contributed by atoms with Gasteiger partial charge in [-0.2, -0.15) is 4.31 Å². The number of sulfonamides is 1. The van der Waals surface area contributed by atoms with Gasteiger partial charge in [0.1, 0.15) is 19.8 Å². The Morgan fingerprint density at radius 1 is 1.05 bits per heavy atom. The first-order valence-electron chi connectivity index (χ1n) is 17.6. The lowest BCUT2D eigenvalue weighted by Crippen LogP contribution is -2.37. The molecule has 0 aliphatic carbocycles. The molecule has 6 rings (SSSR count). The number of carbonyl (C=O) groups excluding carboxylic acids is 4. The number of carbonyl (C=O) groups is 4. The number of anilines is 1. The van der Waals surface area contributed by atoms with Crippen molar-refractivity contribution in [1.82, 2.24) is 19.2 Å². The van der Waals surface area contributed by atoms with Crippen LogP contribution in [0.2, 0.25) is 0 Å². The summed E-state index contributed by atoms with van der Waals surface area (Å²) in [6, 6.07) is 15.2. The number of ether oxygens (including phenoxy) is 4. The Hall–Kier alpha value is -5.65. The van der Waals surface area contributed by atoms with Crippen LogP contribution in [0.5, 0.6) is 0 Å². The molecule has 4 aromatic rings. The van der Waals surface area contributed by atoms with Gasteiger partial charge in [0.15, 0.2) is 0 Å². The molecular formula is C38H41N5O11S. The third kappa shape index (κ3) is 8.69. The predicted molar refractivity (Wildman–Crippen MR) is 199 cm³/mol. The van der Waals surface area contributed by atoms with Crippen LogP contribution in [0.4, 0.5) is 10.5 Å². The summed E-state index contributed by atoms with van der Waals surface area (Å²) >= 11 is 0. The van der Waals surface area contributed by atoms with Crippen LogP contribution in [0.3, 0.4) is 0 Å². The lowest BCUT2D eigenvalue weighted by atomic mass is 9.97. The molecule has 2 aliphatic heterocycles. The largest absolute Gasteiger partial charge is 0.509 e. The van der Waals surface area contributed by atoms with Crippen molar-refractivity contribution in [2.75, 3.05) is 37.9 Å². The topological polar surface area (TPSA) is 202 Å². The lowest BCUT2D eigenvalue weighted by molar-refractivity contribution is -0.159.